The van der Waals surface area contributed by atoms with Crippen molar-refractivity contribution in [2.24, 2.45) is 0 Å². The lowest BCUT2D eigenvalue weighted by Crippen LogP contribution is -2.52. The van der Waals surface area contributed by atoms with E-state index >= 15 is 0 Å². The van der Waals surface area contributed by atoms with Crippen LogP contribution in [0, 0.1) is 0 Å². The largest absolute Gasteiger partial charge is 0.329 e. The quantitative estimate of drug-likeness (QED) is 0.855. The molecule has 1 aromatic heterocycles. The van der Waals surface area contributed by atoms with E-state index in [1.54, 1.807) is 29.3 Å². The van der Waals surface area contributed by atoms with E-state index in [1.807, 2.05) is 18.2 Å². The Kier molecular flexibility index (Phi) is 6.16. The summed E-state index contributed by atoms with van der Waals surface area (Å²) in [6.07, 6.45) is 1.60. The average molecular weight is 353 g/mol. The molecule has 136 valence electrons. The maximum absolute atomic E-state index is 12.2. The van der Waals surface area contributed by atoms with Gasteiger partial charge in [0.05, 0.1) is 6.54 Å². The van der Waals surface area contributed by atoms with E-state index in [0.717, 1.165) is 19.6 Å². The fraction of sp³-hybridized carbons (Fsp3) is 0.316. The van der Waals surface area contributed by atoms with Crippen LogP contribution < -0.4 is 10.6 Å². The summed E-state index contributed by atoms with van der Waals surface area (Å²) in [6.45, 7) is 3.77. The van der Waals surface area contributed by atoms with Crippen molar-refractivity contribution in [1.29, 1.82) is 0 Å². The number of anilines is 1. The number of aromatic nitrogens is 1. The number of amides is 3. The van der Waals surface area contributed by atoms with Crippen molar-refractivity contribution in [3.8, 4) is 0 Å². The number of benzene rings is 1. The van der Waals surface area contributed by atoms with Gasteiger partial charge >= 0.3 is 6.03 Å². The normalized spacial score (nSPS) is 14.7. The van der Waals surface area contributed by atoms with Crippen LogP contribution in [0.1, 0.15) is 5.56 Å². The molecule has 0 atom stereocenters. The number of carbonyl (C=O) groups excluding carboxylic acids is 2. The topological polar surface area (TPSA) is 77.6 Å². The zero-order chi connectivity index (χ0) is 18.2. The van der Waals surface area contributed by atoms with Gasteiger partial charge in [0.25, 0.3) is 0 Å². The highest BCUT2D eigenvalue weighted by Crippen LogP contribution is 2.08. The fourth-order valence-electron chi connectivity index (χ4n) is 2.84. The standard InChI is InChI=1S/C19H23N5O2/c25-18(22-17-8-4-5-9-20-17)14-21-19(26)24-12-10-23(11-13-24)15-16-6-2-1-3-7-16/h1-9H,10-15H2,(H,21,26)(H,20,22,25). The van der Waals surface area contributed by atoms with Crippen molar-refractivity contribution >= 4 is 17.8 Å². The number of urea groups is 1. The molecule has 3 amide bonds. The first kappa shape index (κ1) is 17.9. The molecule has 7 nitrogen and oxygen atoms in total. The summed E-state index contributed by atoms with van der Waals surface area (Å²) in [5, 5.41) is 5.31. The Morgan fingerprint density at radius 1 is 0.962 bits per heavy atom. The molecule has 0 unspecified atom stereocenters. The van der Waals surface area contributed by atoms with Gasteiger partial charge in [-0.3, -0.25) is 9.69 Å². The number of piperazine rings is 1. The first-order valence-electron chi connectivity index (χ1n) is 8.70. The van der Waals surface area contributed by atoms with Gasteiger partial charge in [0, 0.05) is 38.9 Å². The summed E-state index contributed by atoms with van der Waals surface area (Å²) < 4.78 is 0. The molecule has 0 spiro atoms. The molecule has 3 rings (SSSR count). The zero-order valence-corrected chi connectivity index (χ0v) is 14.6. The SMILES string of the molecule is O=C(CNC(=O)N1CCN(Cc2ccccc2)CC1)Nc1ccccn1. The Morgan fingerprint density at radius 2 is 1.69 bits per heavy atom. The summed E-state index contributed by atoms with van der Waals surface area (Å²) in [6, 6.07) is 15.4. The van der Waals surface area contributed by atoms with Gasteiger partial charge in [0.1, 0.15) is 5.82 Å². The molecule has 2 aromatic rings. The summed E-state index contributed by atoms with van der Waals surface area (Å²) in [5.74, 6) is 0.182. The second kappa shape index (κ2) is 8.96. The molecular weight excluding hydrogens is 330 g/mol. The lowest BCUT2D eigenvalue weighted by atomic mass is 10.2. The van der Waals surface area contributed by atoms with E-state index in [1.165, 1.54) is 5.56 Å². The monoisotopic (exact) mass is 353 g/mol. The molecule has 1 aliphatic rings. The number of pyridine rings is 1. The van der Waals surface area contributed by atoms with Crippen LogP contribution in [0.2, 0.25) is 0 Å². The summed E-state index contributed by atoms with van der Waals surface area (Å²) in [5.41, 5.74) is 1.27. The third-order valence-corrected chi connectivity index (χ3v) is 4.24. The van der Waals surface area contributed by atoms with Crippen molar-refractivity contribution < 1.29 is 9.59 Å². The van der Waals surface area contributed by atoms with Gasteiger partial charge in [-0.15, -0.1) is 0 Å². The van der Waals surface area contributed by atoms with Crippen LogP contribution >= 0.6 is 0 Å². The number of carbonyl (C=O) groups is 2. The van der Waals surface area contributed by atoms with Gasteiger partial charge in [-0.25, -0.2) is 9.78 Å². The third-order valence-electron chi connectivity index (χ3n) is 4.24. The van der Waals surface area contributed by atoms with E-state index in [9.17, 15) is 9.59 Å². The maximum atomic E-state index is 12.2. The second-order valence-electron chi connectivity index (χ2n) is 6.17. The second-order valence-corrected chi connectivity index (χ2v) is 6.17. The number of nitrogens with one attached hydrogen (secondary N) is 2. The Labute approximate surface area is 153 Å². The van der Waals surface area contributed by atoms with E-state index in [4.69, 9.17) is 0 Å². The summed E-state index contributed by atoms with van der Waals surface area (Å²) in [7, 11) is 0. The molecule has 1 saturated heterocycles. The van der Waals surface area contributed by atoms with Crippen LogP contribution in [0.3, 0.4) is 0 Å². The fourth-order valence-corrected chi connectivity index (χ4v) is 2.84. The molecule has 1 fully saturated rings. The Balaban J connectivity index is 1.37. The van der Waals surface area contributed by atoms with Crippen molar-refractivity contribution in [3.05, 3.63) is 60.3 Å². The molecule has 1 aromatic carbocycles. The van der Waals surface area contributed by atoms with Crippen LogP contribution in [0.25, 0.3) is 0 Å². The molecule has 7 heteroatoms. The van der Waals surface area contributed by atoms with Crippen LogP contribution in [-0.2, 0) is 11.3 Å². The number of hydrogen-bond acceptors (Lipinski definition) is 4. The number of hydrogen-bond donors (Lipinski definition) is 2. The van der Waals surface area contributed by atoms with Gasteiger partial charge in [-0.1, -0.05) is 36.4 Å². The van der Waals surface area contributed by atoms with Crippen LogP contribution in [0.15, 0.2) is 54.7 Å². The minimum absolute atomic E-state index is 0.0698. The highest BCUT2D eigenvalue weighted by molar-refractivity contribution is 5.93. The van der Waals surface area contributed by atoms with Gasteiger partial charge in [0.2, 0.25) is 5.91 Å². The predicted octanol–water partition coefficient (Wildman–Crippen LogP) is 1.55. The molecule has 0 aliphatic carbocycles. The van der Waals surface area contributed by atoms with E-state index in [0.29, 0.717) is 18.9 Å². The summed E-state index contributed by atoms with van der Waals surface area (Å²) in [4.78, 5) is 32.2. The minimum atomic E-state index is -0.292. The maximum Gasteiger partial charge on any atom is 0.317 e. The van der Waals surface area contributed by atoms with Crippen LogP contribution in [0.5, 0.6) is 0 Å². The molecule has 1 aliphatic heterocycles. The molecule has 2 N–H and O–H groups in total. The molecule has 26 heavy (non-hydrogen) atoms. The van der Waals surface area contributed by atoms with Gasteiger partial charge in [-0.2, -0.15) is 0 Å². The van der Waals surface area contributed by atoms with Gasteiger partial charge in [-0.05, 0) is 17.7 Å². The first-order chi connectivity index (χ1) is 12.7. The third kappa shape index (κ3) is 5.29. The number of nitrogens with zero attached hydrogens (tertiary/aromatic N) is 3. The zero-order valence-electron chi connectivity index (χ0n) is 14.6. The number of rotatable bonds is 5. The highest BCUT2D eigenvalue weighted by atomic mass is 16.2. The Morgan fingerprint density at radius 3 is 2.38 bits per heavy atom. The summed E-state index contributed by atoms with van der Waals surface area (Å²) >= 11 is 0. The predicted molar refractivity (Wildman–Crippen MR) is 99.6 cm³/mol. The first-order valence-corrected chi connectivity index (χ1v) is 8.70. The van der Waals surface area contributed by atoms with Gasteiger partial charge in [0.15, 0.2) is 0 Å². The average Bonchev–Trinajstić information content (AvgIpc) is 2.68. The van der Waals surface area contributed by atoms with Gasteiger partial charge < -0.3 is 15.5 Å². The molecule has 2 heterocycles. The molecule has 0 saturated carbocycles. The van der Waals surface area contributed by atoms with Crippen LogP contribution in [0.4, 0.5) is 10.6 Å². The van der Waals surface area contributed by atoms with E-state index < -0.39 is 0 Å². The van der Waals surface area contributed by atoms with Crippen LogP contribution in [-0.4, -0.2) is 59.4 Å². The van der Waals surface area contributed by atoms with Crippen molar-refractivity contribution in [2.45, 2.75) is 6.54 Å². The Bertz CT molecular complexity index is 715. The van der Waals surface area contributed by atoms with Crippen molar-refractivity contribution in [2.75, 3.05) is 38.0 Å². The van der Waals surface area contributed by atoms with E-state index in [-0.39, 0.29) is 18.5 Å². The van der Waals surface area contributed by atoms with Crippen molar-refractivity contribution in [3.63, 3.8) is 0 Å². The minimum Gasteiger partial charge on any atom is -0.329 e. The van der Waals surface area contributed by atoms with E-state index in [2.05, 4.69) is 32.7 Å². The smallest absolute Gasteiger partial charge is 0.317 e. The Hall–Kier alpha value is -2.93. The lowest BCUT2D eigenvalue weighted by Gasteiger charge is -2.34. The molecular formula is C19H23N5O2. The lowest BCUT2D eigenvalue weighted by molar-refractivity contribution is -0.115. The molecule has 0 radical (unpaired) electrons. The van der Waals surface area contributed by atoms with Crippen molar-refractivity contribution in [1.82, 2.24) is 20.1 Å². The highest BCUT2D eigenvalue weighted by Gasteiger charge is 2.21. The molecule has 0 bridgehead atoms.